The SMILES string of the molecule is CCNC(CSc1cccc(Br)c1)c1ccc(C)nc1. The number of aryl methyl sites for hydroxylation is 1. The highest BCUT2D eigenvalue weighted by atomic mass is 79.9. The van der Waals surface area contributed by atoms with Crippen molar-refractivity contribution in [1.82, 2.24) is 10.3 Å². The second kappa shape index (κ2) is 7.81. The van der Waals surface area contributed by atoms with Gasteiger partial charge in [-0.2, -0.15) is 0 Å². The Morgan fingerprint density at radius 3 is 2.80 bits per heavy atom. The quantitative estimate of drug-likeness (QED) is 0.770. The summed E-state index contributed by atoms with van der Waals surface area (Å²) in [5.74, 6) is 0.995. The van der Waals surface area contributed by atoms with Crippen LogP contribution < -0.4 is 5.32 Å². The summed E-state index contributed by atoms with van der Waals surface area (Å²) >= 11 is 5.38. The Labute approximate surface area is 133 Å². The Morgan fingerprint density at radius 1 is 1.30 bits per heavy atom. The van der Waals surface area contributed by atoms with E-state index >= 15 is 0 Å². The highest BCUT2D eigenvalue weighted by Crippen LogP contribution is 2.26. The van der Waals surface area contributed by atoms with E-state index in [1.54, 1.807) is 0 Å². The van der Waals surface area contributed by atoms with Gasteiger partial charge in [-0.15, -0.1) is 11.8 Å². The molecule has 2 aromatic rings. The molecular formula is C16H19BrN2S. The van der Waals surface area contributed by atoms with Crippen molar-refractivity contribution in [2.75, 3.05) is 12.3 Å². The molecule has 1 aromatic carbocycles. The molecule has 1 unspecified atom stereocenters. The highest BCUT2D eigenvalue weighted by molar-refractivity contribution is 9.10. The number of nitrogens with zero attached hydrogens (tertiary/aromatic N) is 1. The van der Waals surface area contributed by atoms with Crippen LogP contribution >= 0.6 is 27.7 Å². The van der Waals surface area contributed by atoms with E-state index in [2.05, 4.69) is 69.6 Å². The Morgan fingerprint density at radius 2 is 2.15 bits per heavy atom. The maximum atomic E-state index is 4.39. The lowest BCUT2D eigenvalue weighted by atomic mass is 10.1. The molecule has 0 aliphatic rings. The minimum absolute atomic E-state index is 0.331. The minimum Gasteiger partial charge on any atom is -0.309 e. The number of thioether (sulfide) groups is 1. The molecule has 0 radical (unpaired) electrons. The van der Waals surface area contributed by atoms with Gasteiger partial charge in [-0.25, -0.2) is 0 Å². The first kappa shape index (κ1) is 15.5. The summed E-state index contributed by atoms with van der Waals surface area (Å²) < 4.78 is 1.12. The van der Waals surface area contributed by atoms with Crippen LogP contribution in [0.25, 0.3) is 0 Å². The smallest absolute Gasteiger partial charge is 0.0430 e. The first-order valence-corrected chi connectivity index (χ1v) is 8.51. The summed E-state index contributed by atoms with van der Waals surface area (Å²) in [5, 5.41) is 3.53. The Bertz CT molecular complexity index is 542. The lowest BCUT2D eigenvalue weighted by Crippen LogP contribution is -2.23. The van der Waals surface area contributed by atoms with E-state index in [1.807, 2.05) is 24.9 Å². The van der Waals surface area contributed by atoms with Crippen molar-refractivity contribution >= 4 is 27.7 Å². The average molecular weight is 351 g/mol. The third kappa shape index (κ3) is 4.62. The molecule has 0 fully saturated rings. The molecule has 0 spiro atoms. The zero-order chi connectivity index (χ0) is 14.4. The van der Waals surface area contributed by atoms with Crippen LogP contribution in [0.15, 0.2) is 52.0 Å². The Kier molecular flexibility index (Phi) is 6.07. The van der Waals surface area contributed by atoms with Gasteiger partial charge in [0.25, 0.3) is 0 Å². The topological polar surface area (TPSA) is 24.9 Å². The number of benzene rings is 1. The van der Waals surface area contributed by atoms with Gasteiger partial charge in [0, 0.05) is 33.1 Å². The molecule has 1 atom stereocenters. The predicted molar refractivity (Wildman–Crippen MR) is 90.3 cm³/mol. The van der Waals surface area contributed by atoms with Gasteiger partial charge in [0.05, 0.1) is 0 Å². The highest BCUT2D eigenvalue weighted by Gasteiger charge is 2.11. The van der Waals surface area contributed by atoms with Crippen LogP contribution in [0.4, 0.5) is 0 Å². The number of pyridine rings is 1. The second-order valence-electron chi connectivity index (χ2n) is 4.61. The summed E-state index contributed by atoms with van der Waals surface area (Å²) in [7, 11) is 0. The molecule has 0 aliphatic heterocycles. The van der Waals surface area contributed by atoms with Gasteiger partial charge in [-0.1, -0.05) is 35.0 Å². The molecule has 0 bridgehead atoms. The number of rotatable bonds is 6. The van der Waals surface area contributed by atoms with E-state index in [0.29, 0.717) is 6.04 Å². The third-order valence-corrected chi connectivity index (χ3v) is 4.58. The molecule has 1 heterocycles. The fraction of sp³-hybridized carbons (Fsp3) is 0.312. The summed E-state index contributed by atoms with van der Waals surface area (Å²) in [4.78, 5) is 5.67. The molecule has 2 rings (SSSR count). The fourth-order valence-corrected chi connectivity index (χ4v) is 3.55. The van der Waals surface area contributed by atoms with E-state index in [-0.39, 0.29) is 0 Å². The van der Waals surface area contributed by atoms with Crippen LogP contribution in [0.5, 0.6) is 0 Å². The van der Waals surface area contributed by atoms with Crippen molar-refractivity contribution in [3.63, 3.8) is 0 Å². The number of nitrogens with one attached hydrogen (secondary N) is 1. The van der Waals surface area contributed by atoms with Crippen LogP contribution in [-0.4, -0.2) is 17.3 Å². The summed E-state index contributed by atoms with van der Waals surface area (Å²) in [6.45, 7) is 5.11. The molecule has 0 saturated carbocycles. The van der Waals surface area contributed by atoms with Crippen molar-refractivity contribution in [2.45, 2.75) is 24.8 Å². The molecule has 106 valence electrons. The minimum atomic E-state index is 0.331. The van der Waals surface area contributed by atoms with Crippen LogP contribution in [-0.2, 0) is 0 Å². The second-order valence-corrected chi connectivity index (χ2v) is 6.62. The molecule has 0 aliphatic carbocycles. The molecule has 4 heteroatoms. The molecule has 20 heavy (non-hydrogen) atoms. The molecular weight excluding hydrogens is 332 g/mol. The molecule has 1 aromatic heterocycles. The number of aromatic nitrogens is 1. The van der Waals surface area contributed by atoms with Gasteiger partial charge in [-0.05, 0) is 43.3 Å². The summed E-state index contributed by atoms with van der Waals surface area (Å²) in [6, 6.07) is 13.0. The van der Waals surface area contributed by atoms with E-state index < -0.39 is 0 Å². The van der Waals surface area contributed by atoms with E-state index in [1.165, 1.54) is 10.5 Å². The molecule has 1 N–H and O–H groups in total. The van der Waals surface area contributed by atoms with Gasteiger partial charge in [0.15, 0.2) is 0 Å². The predicted octanol–water partition coefficient (Wildman–Crippen LogP) is 4.60. The summed E-state index contributed by atoms with van der Waals surface area (Å²) in [6.07, 6.45) is 1.98. The lowest BCUT2D eigenvalue weighted by molar-refractivity contribution is 0.603. The number of hydrogen-bond acceptors (Lipinski definition) is 3. The maximum Gasteiger partial charge on any atom is 0.0430 e. The van der Waals surface area contributed by atoms with E-state index in [0.717, 1.165) is 22.5 Å². The Hall–Kier alpha value is -0.840. The van der Waals surface area contributed by atoms with Gasteiger partial charge in [0.1, 0.15) is 0 Å². The maximum absolute atomic E-state index is 4.39. The Balaban J connectivity index is 2.04. The van der Waals surface area contributed by atoms with Gasteiger partial charge >= 0.3 is 0 Å². The van der Waals surface area contributed by atoms with Crippen molar-refractivity contribution in [3.8, 4) is 0 Å². The van der Waals surface area contributed by atoms with Crippen LogP contribution in [0, 0.1) is 6.92 Å². The van der Waals surface area contributed by atoms with Gasteiger partial charge < -0.3 is 5.32 Å². The van der Waals surface area contributed by atoms with Crippen molar-refractivity contribution in [3.05, 3.63) is 58.3 Å². The zero-order valence-electron chi connectivity index (χ0n) is 11.8. The third-order valence-electron chi connectivity index (χ3n) is 3.00. The molecule has 2 nitrogen and oxygen atoms in total. The number of hydrogen-bond donors (Lipinski definition) is 1. The van der Waals surface area contributed by atoms with Crippen LogP contribution in [0.3, 0.4) is 0 Å². The first-order valence-electron chi connectivity index (χ1n) is 6.73. The summed E-state index contributed by atoms with van der Waals surface area (Å²) in [5.41, 5.74) is 2.31. The monoisotopic (exact) mass is 350 g/mol. The van der Waals surface area contributed by atoms with Crippen LogP contribution in [0.1, 0.15) is 24.2 Å². The average Bonchev–Trinajstić information content (AvgIpc) is 2.44. The zero-order valence-corrected chi connectivity index (χ0v) is 14.2. The standard InChI is InChI=1S/C16H19BrN2S/c1-3-18-16(13-8-7-12(2)19-10-13)11-20-15-6-4-5-14(17)9-15/h4-10,16,18H,3,11H2,1-2H3. The largest absolute Gasteiger partial charge is 0.309 e. The van der Waals surface area contributed by atoms with Gasteiger partial charge in [-0.3, -0.25) is 4.98 Å². The van der Waals surface area contributed by atoms with Gasteiger partial charge in [0.2, 0.25) is 0 Å². The van der Waals surface area contributed by atoms with E-state index in [9.17, 15) is 0 Å². The molecule has 0 saturated heterocycles. The van der Waals surface area contributed by atoms with Crippen molar-refractivity contribution < 1.29 is 0 Å². The van der Waals surface area contributed by atoms with E-state index in [4.69, 9.17) is 0 Å². The van der Waals surface area contributed by atoms with Crippen molar-refractivity contribution in [2.24, 2.45) is 0 Å². The normalized spacial score (nSPS) is 12.3. The van der Waals surface area contributed by atoms with Crippen LogP contribution in [0.2, 0.25) is 0 Å². The van der Waals surface area contributed by atoms with Crippen molar-refractivity contribution in [1.29, 1.82) is 0 Å². The molecule has 0 amide bonds. The number of halogens is 1. The fourth-order valence-electron chi connectivity index (χ4n) is 1.94. The first-order chi connectivity index (χ1) is 9.69. The lowest BCUT2D eigenvalue weighted by Gasteiger charge is -2.18.